The molecule has 23 heteroatoms. The van der Waals surface area contributed by atoms with E-state index in [1.165, 1.54) is 47.6 Å². The molecule has 1 unspecified atom stereocenters. The number of nitrogens with two attached hydrogens (primary N) is 1. The summed E-state index contributed by atoms with van der Waals surface area (Å²) in [6, 6.07) is 9.94. The van der Waals surface area contributed by atoms with Crippen LogP contribution in [0.4, 0.5) is 26.3 Å². The van der Waals surface area contributed by atoms with Crippen molar-refractivity contribution in [3.05, 3.63) is 96.4 Å². The number of carbonyl (C=O) groups excluding carboxylic acids is 3. The molecule has 3 N–H and O–H groups in total. The Labute approximate surface area is 343 Å². The van der Waals surface area contributed by atoms with Gasteiger partial charge in [0.05, 0.1) is 12.7 Å². The largest absolute Gasteiger partial charge is 0.573 e. The number of nitrogens with one attached hydrogen (secondary N) is 1. The smallest absolute Gasteiger partial charge is 0.406 e. The van der Waals surface area contributed by atoms with Gasteiger partial charge in [-0.3, -0.25) is 9.59 Å². The van der Waals surface area contributed by atoms with Gasteiger partial charge in [0, 0.05) is 44.1 Å². The van der Waals surface area contributed by atoms with Crippen LogP contribution in [-0.2, 0) is 30.3 Å². The van der Waals surface area contributed by atoms with Gasteiger partial charge in [-0.15, -0.1) is 31.8 Å². The van der Waals surface area contributed by atoms with Gasteiger partial charge in [-0.1, -0.05) is 17.3 Å². The summed E-state index contributed by atoms with van der Waals surface area (Å²) in [6.45, 7) is -0.166. The second-order valence-electron chi connectivity index (χ2n) is 14.2. The molecule has 0 aliphatic heterocycles. The molecule has 0 saturated heterocycles. The SMILES string of the molecule is Cn1cnc(C(=O)N(CC(=O)ONC(N)c2ccc(OC(F)(F)F)cc2)C2CCC2)c1.Cn1cnc(C(=O)N(Cc2nc(-c3ccc(OC(F)(F)F)cc3)no2)C2CCC2)c1. The normalized spacial score (nSPS) is 14.8. The zero-order valence-corrected chi connectivity index (χ0v) is 32.6. The van der Waals surface area contributed by atoms with Crippen molar-refractivity contribution in [1.29, 1.82) is 0 Å². The molecule has 2 aromatic carbocycles. The number of benzene rings is 2. The van der Waals surface area contributed by atoms with E-state index in [9.17, 15) is 40.7 Å². The third-order valence-corrected chi connectivity index (χ3v) is 9.59. The average Bonchev–Trinajstić information content (AvgIpc) is 3.92. The van der Waals surface area contributed by atoms with Gasteiger partial charge in [0.2, 0.25) is 11.7 Å². The maximum Gasteiger partial charge on any atom is 0.573 e. The van der Waals surface area contributed by atoms with E-state index < -0.39 is 30.6 Å². The molecule has 2 aliphatic carbocycles. The van der Waals surface area contributed by atoms with Gasteiger partial charge in [-0.2, -0.15) is 4.98 Å². The van der Waals surface area contributed by atoms with Gasteiger partial charge >= 0.3 is 18.7 Å². The summed E-state index contributed by atoms with van der Waals surface area (Å²) >= 11 is 0. The number of rotatable bonds is 14. The second kappa shape index (κ2) is 18.8. The first-order valence-corrected chi connectivity index (χ1v) is 18.7. The fraction of sp³-hybridized carbons (Fsp3) is 0.395. The van der Waals surface area contributed by atoms with Crippen LogP contribution in [0.3, 0.4) is 0 Å². The van der Waals surface area contributed by atoms with Gasteiger partial charge in [-0.25, -0.2) is 14.8 Å². The predicted molar refractivity (Wildman–Crippen MR) is 198 cm³/mol. The van der Waals surface area contributed by atoms with E-state index in [1.54, 1.807) is 46.9 Å². The molecular formula is C38H40F6N10O7. The highest BCUT2D eigenvalue weighted by Gasteiger charge is 2.35. The minimum absolute atomic E-state index is 0.0723. The Hall–Kier alpha value is -6.49. The number of hydrogen-bond donors (Lipinski definition) is 2. The minimum Gasteiger partial charge on any atom is -0.406 e. The minimum atomic E-state index is -4.80. The lowest BCUT2D eigenvalue weighted by atomic mass is 9.91. The monoisotopic (exact) mass is 862 g/mol. The van der Waals surface area contributed by atoms with Crippen molar-refractivity contribution in [2.45, 2.75) is 76.0 Å². The molecule has 0 spiro atoms. The van der Waals surface area contributed by atoms with E-state index in [1.807, 2.05) is 0 Å². The van der Waals surface area contributed by atoms with Crippen molar-refractivity contribution in [1.82, 2.24) is 44.5 Å². The number of aromatic nitrogens is 6. The van der Waals surface area contributed by atoms with Crippen molar-refractivity contribution in [2.75, 3.05) is 6.54 Å². The van der Waals surface area contributed by atoms with Crippen LogP contribution in [0, 0.1) is 0 Å². The van der Waals surface area contributed by atoms with Crippen LogP contribution < -0.4 is 20.7 Å². The Balaban J connectivity index is 0.000000204. The number of aryl methyl sites for hydroxylation is 2. The van der Waals surface area contributed by atoms with Gasteiger partial charge < -0.3 is 43.5 Å². The van der Waals surface area contributed by atoms with Crippen LogP contribution >= 0.6 is 0 Å². The van der Waals surface area contributed by atoms with E-state index in [4.69, 9.17) is 15.1 Å². The number of hydroxylamine groups is 1. The molecule has 0 radical (unpaired) electrons. The van der Waals surface area contributed by atoms with Gasteiger partial charge in [-0.05, 0) is 80.5 Å². The summed E-state index contributed by atoms with van der Waals surface area (Å²) in [5.41, 5.74) is 9.59. The number of nitrogens with zero attached hydrogens (tertiary/aromatic N) is 8. The van der Waals surface area contributed by atoms with Crippen LogP contribution in [-0.4, -0.2) is 88.2 Å². The molecule has 2 aliphatic rings. The van der Waals surface area contributed by atoms with Crippen molar-refractivity contribution < 1.29 is 59.6 Å². The lowest BCUT2D eigenvalue weighted by Crippen LogP contribution is -2.48. The highest BCUT2D eigenvalue weighted by atomic mass is 19.4. The number of amides is 2. The highest BCUT2D eigenvalue weighted by Crippen LogP contribution is 2.30. The molecule has 2 amide bonds. The van der Waals surface area contributed by atoms with E-state index in [-0.39, 0.29) is 60.1 Å². The van der Waals surface area contributed by atoms with Crippen molar-refractivity contribution in [2.24, 2.45) is 19.8 Å². The first-order valence-electron chi connectivity index (χ1n) is 18.7. The van der Waals surface area contributed by atoms with Crippen LogP contribution in [0.1, 0.15) is 77.1 Å². The molecule has 1 atom stereocenters. The summed E-state index contributed by atoms with van der Waals surface area (Å²) in [5, 5.41) is 3.88. The molecule has 2 saturated carbocycles. The Morgan fingerprint density at radius 1 is 0.803 bits per heavy atom. The number of halogens is 6. The third kappa shape index (κ3) is 12.3. The van der Waals surface area contributed by atoms with Crippen LogP contribution in [0.25, 0.3) is 11.4 Å². The Morgan fingerprint density at radius 3 is 1.75 bits per heavy atom. The van der Waals surface area contributed by atoms with E-state index in [0.29, 0.717) is 16.8 Å². The van der Waals surface area contributed by atoms with Gasteiger partial charge in [0.1, 0.15) is 42.1 Å². The lowest BCUT2D eigenvalue weighted by Gasteiger charge is -2.36. The number of alkyl halides is 6. The standard InChI is InChI=1S/C19H22F3N5O4.C19H18F3N5O3/c1-26-9-15(24-11-26)18(29)27(13-3-2-4-13)10-16(28)31-25-17(23)12-5-7-14(8-6-12)30-19(20,21)22;1-26-9-15(23-11-26)18(28)27(13-3-2-4-13)10-16-24-17(25-30-16)12-5-7-14(8-6-12)29-19(20,21)22/h5-9,11,13,17,25H,2-4,10,23H2,1H3;5-9,11,13H,2-4,10H2,1H3. The Morgan fingerprint density at radius 2 is 1.30 bits per heavy atom. The molecule has 3 heterocycles. The molecule has 2 fully saturated rings. The number of hydrogen-bond acceptors (Lipinski definition) is 13. The zero-order chi connectivity index (χ0) is 43.9. The number of ether oxygens (including phenoxy) is 2. The molecule has 17 nitrogen and oxygen atoms in total. The van der Waals surface area contributed by atoms with Gasteiger partial charge in [0.25, 0.3) is 11.8 Å². The fourth-order valence-corrected chi connectivity index (χ4v) is 6.10. The molecular weight excluding hydrogens is 822 g/mol. The first kappa shape index (κ1) is 44.1. The molecule has 0 bridgehead atoms. The van der Waals surface area contributed by atoms with Gasteiger partial charge in [0.15, 0.2) is 0 Å². The topological polar surface area (TPSA) is 198 Å². The third-order valence-electron chi connectivity index (χ3n) is 9.59. The molecule has 326 valence electrons. The molecule has 7 rings (SSSR count). The van der Waals surface area contributed by atoms with Crippen molar-refractivity contribution in [3.8, 4) is 22.9 Å². The number of imidazole rings is 2. The fourth-order valence-electron chi connectivity index (χ4n) is 6.10. The Kier molecular flexibility index (Phi) is 13.6. The highest BCUT2D eigenvalue weighted by molar-refractivity contribution is 5.94. The van der Waals surface area contributed by atoms with Crippen LogP contribution in [0.5, 0.6) is 11.5 Å². The zero-order valence-electron chi connectivity index (χ0n) is 32.6. The quantitative estimate of drug-likeness (QED) is 0.0798. The maximum atomic E-state index is 12.9. The molecule has 5 aromatic rings. The van der Waals surface area contributed by atoms with Crippen LogP contribution in [0.2, 0.25) is 0 Å². The summed E-state index contributed by atoms with van der Waals surface area (Å²) < 4.78 is 89.7. The van der Waals surface area contributed by atoms with E-state index in [2.05, 4.69) is 35.1 Å². The average molecular weight is 863 g/mol. The Bertz CT molecular complexity index is 2250. The first-order chi connectivity index (χ1) is 28.9. The summed E-state index contributed by atoms with van der Waals surface area (Å²) in [5.74, 6) is -1.61. The van der Waals surface area contributed by atoms with Crippen molar-refractivity contribution in [3.63, 3.8) is 0 Å². The summed E-state index contributed by atoms with van der Waals surface area (Å²) in [4.78, 5) is 58.4. The second-order valence-corrected chi connectivity index (χ2v) is 14.2. The van der Waals surface area contributed by atoms with E-state index in [0.717, 1.165) is 50.7 Å². The van der Waals surface area contributed by atoms with E-state index >= 15 is 0 Å². The van der Waals surface area contributed by atoms with Crippen molar-refractivity contribution >= 4 is 17.8 Å². The lowest BCUT2D eigenvalue weighted by molar-refractivity contribution is -0.275. The van der Waals surface area contributed by atoms with Crippen LogP contribution in [0.15, 0.2) is 78.1 Å². The number of carbonyl (C=O) groups is 3. The maximum absolute atomic E-state index is 12.9. The summed E-state index contributed by atoms with van der Waals surface area (Å²) in [7, 11) is 3.52. The predicted octanol–water partition coefficient (Wildman–Crippen LogP) is 5.58. The molecule has 3 aromatic heterocycles. The molecule has 61 heavy (non-hydrogen) atoms. The summed E-state index contributed by atoms with van der Waals surface area (Å²) in [6.07, 6.45) is 1.07.